The molecular formula is C25H25FN4O2. The van der Waals surface area contributed by atoms with Gasteiger partial charge in [-0.1, -0.05) is 35.9 Å². The molecule has 1 aliphatic heterocycles. The maximum atomic E-state index is 14.0. The third-order valence-electron chi connectivity index (χ3n) is 6.25. The smallest absolute Gasteiger partial charge is 0.253 e. The molecule has 5 rings (SSSR count). The van der Waals surface area contributed by atoms with E-state index >= 15 is 0 Å². The van der Waals surface area contributed by atoms with Gasteiger partial charge in [-0.05, 0) is 56.4 Å². The SMILES string of the molecule is O=C(CC1C(=O)N(CCC2=CCCCC2)c2nc3ccccc3n21)Nc1ccccc1F. The van der Waals surface area contributed by atoms with Crippen molar-refractivity contribution in [2.45, 2.75) is 44.6 Å². The molecule has 0 saturated heterocycles. The molecule has 2 aromatic carbocycles. The number of fused-ring (bicyclic) bond motifs is 3. The van der Waals surface area contributed by atoms with Gasteiger partial charge in [0.05, 0.1) is 23.1 Å². The summed E-state index contributed by atoms with van der Waals surface area (Å²) < 4.78 is 15.8. The summed E-state index contributed by atoms with van der Waals surface area (Å²) >= 11 is 0. The molecular weight excluding hydrogens is 407 g/mol. The van der Waals surface area contributed by atoms with E-state index in [1.807, 2.05) is 28.8 Å². The van der Waals surface area contributed by atoms with Crippen LogP contribution in [0.2, 0.25) is 0 Å². The van der Waals surface area contributed by atoms with Gasteiger partial charge in [-0.25, -0.2) is 9.37 Å². The number of imidazole rings is 1. The third kappa shape index (κ3) is 3.79. The normalized spacial score (nSPS) is 18.0. The number of rotatable bonds is 6. The number of hydrogen-bond acceptors (Lipinski definition) is 3. The Hall–Kier alpha value is -3.48. The Bertz CT molecular complexity index is 1220. The standard InChI is InChI=1S/C25H25FN4O2/c26-18-10-4-5-11-19(18)27-23(31)16-22-24(32)29(15-14-17-8-2-1-3-9-17)25-28-20-12-6-7-13-21(20)30(22)25/h4-8,10-13,22H,1-3,9,14-16H2,(H,27,31). The number of aromatic nitrogens is 2. The number of allylic oxidation sites excluding steroid dienone is 1. The van der Waals surface area contributed by atoms with E-state index in [0.29, 0.717) is 12.5 Å². The molecule has 6 nitrogen and oxygen atoms in total. The monoisotopic (exact) mass is 432 g/mol. The van der Waals surface area contributed by atoms with Gasteiger partial charge in [0, 0.05) is 6.54 Å². The maximum Gasteiger partial charge on any atom is 0.253 e. The first kappa shape index (κ1) is 20.4. The lowest BCUT2D eigenvalue weighted by Crippen LogP contribution is -2.32. The molecule has 0 spiro atoms. The van der Waals surface area contributed by atoms with Crippen molar-refractivity contribution >= 4 is 34.5 Å². The third-order valence-corrected chi connectivity index (χ3v) is 6.25. The number of nitrogens with zero attached hydrogens (tertiary/aromatic N) is 3. The van der Waals surface area contributed by atoms with Gasteiger partial charge < -0.3 is 5.32 Å². The fourth-order valence-corrected chi connectivity index (χ4v) is 4.63. The Morgan fingerprint density at radius 3 is 2.75 bits per heavy atom. The van der Waals surface area contributed by atoms with Crippen LogP contribution in [0.5, 0.6) is 0 Å². The van der Waals surface area contributed by atoms with Crippen LogP contribution in [0, 0.1) is 5.82 Å². The molecule has 2 aliphatic rings. The molecule has 7 heteroatoms. The fraction of sp³-hybridized carbons (Fsp3) is 0.320. The molecule has 1 aromatic heterocycles. The van der Waals surface area contributed by atoms with E-state index in [1.54, 1.807) is 17.0 Å². The van der Waals surface area contributed by atoms with E-state index in [-0.39, 0.29) is 18.0 Å². The van der Waals surface area contributed by atoms with Gasteiger partial charge in [0.15, 0.2) is 0 Å². The minimum atomic E-state index is -0.704. The van der Waals surface area contributed by atoms with E-state index in [2.05, 4.69) is 11.4 Å². The number of nitrogens with one attached hydrogen (secondary N) is 1. The van der Waals surface area contributed by atoms with E-state index in [0.717, 1.165) is 30.3 Å². The highest BCUT2D eigenvalue weighted by molar-refractivity contribution is 6.05. The molecule has 3 aromatic rings. The molecule has 32 heavy (non-hydrogen) atoms. The molecule has 1 N–H and O–H groups in total. The number of hydrogen-bond donors (Lipinski definition) is 1. The molecule has 1 aliphatic carbocycles. The molecule has 0 bridgehead atoms. The molecule has 1 unspecified atom stereocenters. The lowest BCUT2D eigenvalue weighted by atomic mass is 9.97. The van der Waals surface area contributed by atoms with Crippen molar-refractivity contribution in [2.24, 2.45) is 0 Å². The Morgan fingerprint density at radius 2 is 1.94 bits per heavy atom. The predicted molar refractivity (Wildman–Crippen MR) is 122 cm³/mol. The molecule has 0 radical (unpaired) electrons. The van der Waals surface area contributed by atoms with Crippen LogP contribution in [0.1, 0.15) is 44.6 Å². The summed E-state index contributed by atoms with van der Waals surface area (Å²) in [4.78, 5) is 32.5. The molecule has 2 heterocycles. The van der Waals surface area contributed by atoms with Crippen LogP contribution in [0.25, 0.3) is 11.0 Å². The predicted octanol–water partition coefficient (Wildman–Crippen LogP) is 4.98. The summed E-state index contributed by atoms with van der Waals surface area (Å²) in [7, 11) is 0. The minimum Gasteiger partial charge on any atom is -0.324 e. The zero-order valence-electron chi connectivity index (χ0n) is 17.8. The number of para-hydroxylation sites is 3. The van der Waals surface area contributed by atoms with Crippen molar-refractivity contribution in [1.29, 1.82) is 0 Å². The Kier molecular flexibility index (Phi) is 5.47. The number of carbonyl (C=O) groups excluding carboxylic acids is 2. The van der Waals surface area contributed by atoms with Crippen LogP contribution in [-0.4, -0.2) is 27.9 Å². The van der Waals surface area contributed by atoms with Crippen molar-refractivity contribution in [3.05, 3.63) is 66.0 Å². The van der Waals surface area contributed by atoms with Crippen molar-refractivity contribution in [3.8, 4) is 0 Å². The summed E-state index contributed by atoms with van der Waals surface area (Å²) in [5.41, 5.74) is 3.10. The number of amides is 2. The topological polar surface area (TPSA) is 67.2 Å². The van der Waals surface area contributed by atoms with E-state index in [1.165, 1.54) is 30.5 Å². The summed E-state index contributed by atoms with van der Waals surface area (Å²) in [6.45, 7) is 0.541. The van der Waals surface area contributed by atoms with Gasteiger partial charge in [-0.15, -0.1) is 0 Å². The average molecular weight is 432 g/mol. The lowest BCUT2D eigenvalue weighted by molar-refractivity contribution is -0.124. The van der Waals surface area contributed by atoms with E-state index in [9.17, 15) is 14.0 Å². The zero-order chi connectivity index (χ0) is 22.1. The maximum absolute atomic E-state index is 14.0. The highest BCUT2D eigenvalue weighted by Gasteiger charge is 2.40. The fourth-order valence-electron chi connectivity index (χ4n) is 4.63. The number of anilines is 2. The zero-order valence-corrected chi connectivity index (χ0v) is 17.8. The first-order valence-electron chi connectivity index (χ1n) is 11.1. The summed E-state index contributed by atoms with van der Waals surface area (Å²) in [5, 5.41) is 2.60. The van der Waals surface area contributed by atoms with Gasteiger partial charge in [-0.2, -0.15) is 0 Å². The van der Waals surface area contributed by atoms with E-state index < -0.39 is 17.8 Å². The second-order valence-corrected chi connectivity index (χ2v) is 8.37. The summed E-state index contributed by atoms with van der Waals surface area (Å²) in [6, 6.07) is 12.9. The van der Waals surface area contributed by atoms with Crippen LogP contribution in [0.15, 0.2) is 60.2 Å². The molecule has 1 atom stereocenters. The van der Waals surface area contributed by atoms with Crippen LogP contribution in [-0.2, 0) is 9.59 Å². The van der Waals surface area contributed by atoms with Gasteiger partial charge in [0.25, 0.3) is 5.91 Å². The second kappa shape index (κ2) is 8.57. The van der Waals surface area contributed by atoms with Gasteiger partial charge in [0.2, 0.25) is 11.9 Å². The molecule has 0 fully saturated rings. The van der Waals surface area contributed by atoms with Crippen LogP contribution < -0.4 is 10.2 Å². The summed E-state index contributed by atoms with van der Waals surface area (Å²) in [6.07, 6.45) is 7.60. The van der Waals surface area contributed by atoms with Crippen LogP contribution >= 0.6 is 0 Å². The molecule has 2 amide bonds. The number of carbonyl (C=O) groups is 2. The highest BCUT2D eigenvalue weighted by Crippen LogP contribution is 2.37. The molecule has 0 saturated carbocycles. The van der Waals surface area contributed by atoms with Crippen molar-refractivity contribution in [2.75, 3.05) is 16.8 Å². The quantitative estimate of drug-likeness (QED) is 0.559. The average Bonchev–Trinajstić information content (AvgIpc) is 3.29. The van der Waals surface area contributed by atoms with E-state index in [4.69, 9.17) is 4.98 Å². The summed E-state index contributed by atoms with van der Waals surface area (Å²) in [5.74, 6) is -0.474. The van der Waals surface area contributed by atoms with Crippen LogP contribution in [0.4, 0.5) is 16.0 Å². The minimum absolute atomic E-state index is 0.0836. The lowest BCUT2D eigenvalue weighted by Gasteiger charge is -2.18. The van der Waals surface area contributed by atoms with Gasteiger partial charge in [-0.3, -0.25) is 19.1 Å². The Labute approximate surface area is 185 Å². The first-order valence-corrected chi connectivity index (χ1v) is 11.1. The number of benzene rings is 2. The highest BCUT2D eigenvalue weighted by atomic mass is 19.1. The Balaban J connectivity index is 1.41. The second-order valence-electron chi connectivity index (χ2n) is 8.37. The van der Waals surface area contributed by atoms with Gasteiger partial charge in [0.1, 0.15) is 11.9 Å². The van der Waals surface area contributed by atoms with Crippen LogP contribution in [0.3, 0.4) is 0 Å². The number of halogens is 1. The van der Waals surface area contributed by atoms with Crippen molar-refractivity contribution in [3.63, 3.8) is 0 Å². The molecule has 164 valence electrons. The van der Waals surface area contributed by atoms with Gasteiger partial charge >= 0.3 is 0 Å². The largest absolute Gasteiger partial charge is 0.324 e. The Morgan fingerprint density at radius 1 is 1.12 bits per heavy atom. The van der Waals surface area contributed by atoms with Crippen molar-refractivity contribution in [1.82, 2.24) is 9.55 Å². The van der Waals surface area contributed by atoms with Crippen molar-refractivity contribution < 1.29 is 14.0 Å². The first-order chi connectivity index (χ1) is 15.6.